The number of benzene rings is 1. The molecule has 126 valence electrons. The first-order valence-electron chi connectivity index (χ1n) is 7.49. The molecular formula is C15H25NO5S. The van der Waals surface area contributed by atoms with E-state index < -0.39 is 20.8 Å². The highest BCUT2D eigenvalue weighted by Gasteiger charge is 2.25. The molecule has 1 aromatic rings. The SMILES string of the molecule is CCCC[N+]1(C)CCCC1.O=S(=O)([O-])c1cc(O)ccc1O. The van der Waals surface area contributed by atoms with E-state index in [-0.39, 0.29) is 5.75 Å². The number of phenols is 2. The van der Waals surface area contributed by atoms with Gasteiger partial charge in [-0.3, -0.25) is 0 Å². The fourth-order valence-electron chi connectivity index (χ4n) is 2.57. The Morgan fingerprint density at radius 2 is 1.82 bits per heavy atom. The number of nitrogens with zero attached hydrogens (tertiary/aromatic N) is 1. The molecule has 6 nitrogen and oxygen atoms in total. The van der Waals surface area contributed by atoms with Gasteiger partial charge in [-0.2, -0.15) is 0 Å². The molecule has 0 saturated carbocycles. The minimum atomic E-state index is -4.72. The molecule has 1 aliphatic rings. The molecule has 0 bridgehead atoms. The van der Waals surface area contributed by atoms with Crippen LogP contribution in [0.15, 0.2) is 23.1 Å². The van der Waals surface area contributed by atoms with Crippen LogP contribution in [0.2, 0.25) is 0 Å². The van der Waals surface area contributed by atoms with Crippen molar-refractivity contribution in [3.8, 4) is 11.5 Å². The predicted molar refractivity (Wildman–Crippen MR) is 82.7 cm³/mol. The summed E-state index contributed by atoms with van der Waals surface area (Å²) in [7, 11) is -2.31. The zero-order valence-corrected chi connectivity index (χ0v) is 14.0. The second kappa shape index (κ2) is 7.80. The van der Waals surface area contributed by atoms with Gasteiger partial charge in [0, 0.05) is 18.9 Å². The van der Waals surface area contributed by atoms with Crippen LogP contribution in [0.1, 0.15) is 32.6 Å². The van der Waals surface area contributed by atoms with Crippen molar-refractivity contribution in [1.29, 1.82) is 0 Å². The van der Waals surface area contributed by atoms with Crippen molar-refractivity contribution in [3.05, 3.63) is 18.2 Å². The molecule has 1 aliphatic heterocycles. The Kier molecular flexibility index (Phi) is 6.65. The largest absolute Gasteiger partial charge is 0.744 e. The quantitative estimate of drug-likeness (QED) is 0.500. The zero-order valence-electron chi connectivity index (χ0n) is 13.2. The van der Waals surface area contributed by atoms with E-state index in [2.05, 4.69) is 14.0 Å². The summed E-state index contributed by atoms with van der Waals surface area (Å²) in [5.41, 5.74) is 0. The van der Waals surface area contributed by atoms with Gasteiger partial charge in [0.15, 0.2) is 0 Å². The molecule has 0 aliphatic carbocycles. The van der Waals surface area contributed by atoms with E-state index in [1.807, 2.05) is 0 Å². The average Bonchev–Trinajstić information content (AvgIpc) is 2.86. The van der Waals surface area contributed by atoms with Crippen molar-refractivity contribution in [2.45, 2.75) is 37.5 Å². The van der Waals surface area contributed by atoms with Crippen molar-refractivity contribution in [3.63, 3.8) is 0 Å². The van der Waals surface area contributed by atoms with Crippen molar-refractivity contribution < 1.29 is 27.7 Å². The normalized spacial score (nSPS) is 16.9. The van der Waals surface area contributed by atoms with E-state index in [0.29, 0.717) is 6.07 Å². The Hall–Kier alpha value is -1.31. The van der Waals surface area contributed by atoms with E-state index in [4.69, 9.17) is 10.2 Å². The van der Waals surface area contributed by atoms with Crippen molar-refractivity contribution in [2.24, 2.45) is 0 Å². The highest BCUT2D eigenvalue weighted by molar-refractivity contribution is 7.85. The highest BCUT2D eigenvalue weighted by atomic mass is 32.2. The second-order valence-corrected chi connectivity index (χ2v) is 7.31. The Morgan fingerprint density at radius 3 is 2.27 bits per heavy atom. The van der Waals surface area contributed by atoms with Crippen molar-refractivity contribution in [1.82, 2.24) is 0 Å². The van der Waals surface area contributed by atoms with Gasteiger partial charge in [-0.25, -0.2) is 8.42 Å². The predicted octanol–water partition coefficient (Wildman–Crippen LogP) is 2.03. The summed E-state index contributed by atoms with van der Waals surface area (Å²) in [6.45, 7) is 6.55. The number of hydrogen-bond donors (Lipinski definition) is 2. The molecule has 22 heavy (non-hydrogen) atoms. The van der Waals surface area contributed by atoms with Gasteiger partial charge < -0.3 is 19.2 Å². The van der Waals surface area contributed by atoms with E-state index in [9.17, 15) is 13.0 Å². The lowest BCUT2D eigenvalue weighted by Gasteiger charge is -2.28. The lowest BCUT2D eigenvalue weighted by atomic mass is 10.3. The average molecular weight is 331 g/mol. The van der Waals surface area contributed by atoms with Crippen LogP contribution in [0.25, 0.3) is 0 Å². The molecule has 2 rings (SSSR count). The first kappa shape index (κ1) is 18.7. The molecule has 0 unspecified atom stereocenters. The van der Waals surface area contributed by atoms with Crippen LogP contribution in [0.4, 0.5) is 0 Å². The Labute approximate surface area is 132 Å². The van der Waals surface area contributed by atoms with Gasteiger partial charge in [0.1, 0.15) is 21.6 Å². The van der Waals surface area contributed by atoms with Crippen LogP contribution in [-0.2, 0) is 10.1 Å². The molecular weight excluding hydrogens is 306 g/mol. The van der Waals surface area contributed by atoms with Gasteiger partial charge in [0.2, 0.25) is 0 Å². The van der Waals surface area contributed by atoms with E-state index >= 15 is 0 Å². The molecule has 1 saturated heterocycles. The molecule has 7 heteroatoms. The molecule has 1 fully saturated rings. The molecule has 0 atom stereocenters. The standard InChI is InChI=1S/C9H20N.C6H6O5S/c1-3-4-7-10(2)8-5-6-9-10;7-4-1-2-5(8)6(3-4)12(9,10)11/h3-9H2,1-2H3;1-3,7-8H,(H,9,10,11)/q+1;/p-1. The molecule has 0 radical (unpaired) electrons. The van der Waals surface area contributed by atoms with Crippen LogP contribution < -0.4 is 0 Å². The topological polar surface area (TPSA) is 97.7 Å². The monoisotopic (exact) mass is 331 g/mol. The number of unbranched alkanes of at least 4 members (excludes halogenated alkanes) is 1. The molecule has 0 aromatic heterocycles. The molecule has 0 spiro atoms. The van der Waals surface area contributed by atoms with Gasteiger partial charge in [-0.05, 0) is 18.6 Å². The Bertz CT molecular complexity index is 580. The van der Waals surface area contributed by atoms with Crippen LogP contribution in [0.3, 0.4) is 0 Å². The fourth-order valence-corrected chi connectivity index (χ4v) is 3.15. The van der Waals surface area contributed by atoms with Crippen LogP contribution in [0.5, 0.6) is 11.5 Å². The second-order valence-electron chi connectivity index (χ2n) is 5.96. The number of aromatic hydroxyl groups is 2. The molecule has 2 N–H and O–H groups in total. The van der Waals surface area contributed by atoms with Gasteiger partial charge >= 0.3 is 0 Å². The smallest absolute Gasteiger partial charge is 0.133 e. The third-order valence-corrected chi connectivity index (χ3v) is 4.78. The summed E-state index contributed by atoms with van der Waals surface area (Å²) in [5, 5.41) is 17.7. The van der Waals surface area contributed by atoms with E-state index in [1.54, 1.807) is 0 Å². The molecule has 0 amide bonds. The van der Waals surface area contributed by atoms with Gasteiger partial charge in [0.05, 0.1) is 31.6 Å². The minimum Gasteiger partial charge on any atom is -0.744 e. The lowest BCUT2D eigenvalue weighted by Crippen LogP contribution is -2.41. The first-order chi connectivity index (χ1) is 10.2. The number of hydrogen-bond acceptors (Lipinski definition) is 5. The molecule has 1 heterocycles. The third kappa shape index (κ3) is 5.82. The Balaban J connectivity index is 0.000000224. The van der Waals surface area contributed by atoms with Crippen LogP contribution >= 0.6 is 0 Å². The van der Waals surface area contributed by atoms with Crippen molar-refractivity contribution >= 4 is 10.1 Å². The number of likely N-dealkylation sites (tertiary alicyclic amines) is 1. The minimum absolute atomic E-state index is 0.387. The van der Waals surface area contributed by atoms with Gasteiger partial charge in [-0.1, -0.05) is 13.3 Å². The Morgan fingerprint density at radius 1 is 1.23 bits per heavy atom. The maximum absolute atomic E-state index is 10.4. The van der Waals surface area contributed by atoms with E-state index in [0.717, 1.165) is 12.1 Å². The maximum Gasteiger partial charge on any atom is 0.133 e. The maximum atomic E-state index is 10.4. The van der Waals surface area contributed by atoms with Gasteiger partial charge in [-0.15, -0.1) is 0 Å². The van der Waals surface area contributed by atoms with E-state index in [1.165, 1.54) is 49.8 Å². The van der Waals surface area contributed by atoms with Gasteiger partial charge in [0.25, 0.3) is 0 Å². The van der Waals surface area contributed by atoms with Crippen molar-refractivity contribution in [2.75, 3.05) is 26.7 Å². The third-order valence-electron chi connectivity index (χ3n) is 3.91. The zero-order chi connectivity index (χ0) is 16.8. The lowest BCUT2D eigenvalue weighted by molar-refractivity contribution is -0.897. The summed E-state index contributed by atoms with van der Waals surface area (Å²) in [4.78, 5) is -0.817. The number of quaternary nitrogens is 1. The van der Waals surface area contributed by atoms with Crippen LogP contribution in [0, 0.1) is 0 Å². The summed E-state index contributed by atoms with van der Waals surface area (Å²) in [5.74, 6) is -1.05. The number of phenolic OH excluding ortho intramolecular Hbond substituents is 2. The summed E-state index contributed by atoms with van der Waals surface area (Å²) >= 11 is 0. The summed E-state index contributed by atoms with van der Waals surface area (Å²) < 4.78 is 32.5. The molecule has 1 aromatic carbocycles. The highest BCUT2D eigenvalue weighted by Crippen LogP contribution is 2.25. The van der Waals surface area contributed by atoms with Crippen LogP contribution in [-0.4, -0.2) is 54.3 Å². The fraction of sp³-hybridized carbons (Fsp3) is 0.600. The summed E-state index contributed by atoms with van der Waals surface area (Å²) in [6, 6.07) is 2.70. The first-order valence-corrected chi connectivity index (χ1v) is 8.90. The number of rotatable bonds is 4. The summed E-state index contributed by atoms with van der Waals surface area (Å²) in [6.07, 6.45) is 5.69.